The van der Waals surface area contributed by atoms with Gasteiger partial charge >= 0.3 is 0 Å². The van der Waals surface area contributed by atoms with Crippen LogP contribution in [0.25, 0.3) is 0 Å². The Morgan fingerprint density at radius 1 is 1.21 bits per heavy atom. The van der Waals surface area contributed by atoms with Crippen LogP contribution < -0.4 is 5.32 Å². The summed E-state index contributed by atoms with van der Waals surface area (Å²) in [6.07, 6.45) is 2.16. The van der Waals surface area contributed by atoms with Crippen molar-refractivity contribution in [1.82, 2.24) is 14.8 Å². The zero-order chi connectivity index (χ0) is 20.8. The van der Waals surface area contributed by atoms with Crippen LogP contribution in [-0.4, -0.2) is 53.0 Å². The molecule has 9 heteroatoms. The van der Waals surface area contributed by atoms with Gasteiger partial charge in [-0.1, -0.05) is 0 Å². The van der Waals surface area contributed by atoms with E-state index in [0.717, 1.165) is 11.3 Å². The molecule has 3 rings (SSSR count). The second kappa shape index (κ2) is 9.33. The molecule has 2 aromatic rings. The number of nitrogens with one attached hydrogen (secondary N) is 1. The van der Waals surface area contributed by atoms with Crippen LogP contribution in [0.2, 0.25) is 0 Å². The molecule has 1 N–H and O–H groups in total. The first-order valence-electron chi connectivity index (χ1n) is 9.45. The summed E-state index contributed by atoms with van der Waals surface area (Å²) in [5.41, 5.74) is 1.75. The fourth-order valence-corrected chi connectivity index (χ4v) is 3.53. The highest BCUT2D eigenvalue weighted by molar-refractivity contribution is 5.84. The second-order valence-electron chi connectivity index (χ2n) is 6.81. The standard InChI is InChI=1S/C20H24N4O5/c1-29-14-10-21-18(25)8-9-19(26)23-13-12-22-11-2-3-17(22)20(23)15-4-6-16(7-5-15)24(27)28/h2-7,11,20H,8-10,12-14H2,1H3,(H,21,25). The Hall–Kier alpha value is -3.20. The topological polar surface area (TPSA) is 107 Å². The minimum atomic E-state index is -0.446. The monoisotopic (exact) mass is 400 g/mol. The zero-order valence-electron chi connectivity index (χ0n) is 16.2. The summed E-state index contributed by atoms with van der Waals surface area (Å²) in [7, 11) is 1.56. The van der Waals surface area contributed by atoms with Gasteiger partial charge in [0, 0.05) is 63.6 Å². The summed E-state index contributed by atoms with van der Waals surface area (Å²) in [4.78, 5) is 37.1. The third-order valence-corrected chi connectivity index (χ3v) is 4.97. The maximum atomic E-state index is 12.9. The van der Waals surface area contributed by atoms with Crippen LogP contribution in [0.5, 0.6) is 0 Å². The van der Waals surface area contributed by atoms with Crippen LogP contribution in [0.15, 0.2) is 42.6 Å². The van der Waals surface area contributed by atoms with Crippen molar-refractivity contribution in [2.75, 3.05) is 26.8 Å². The Morgan fingerprint density at radius 2 is 1.97 bits per heavy atom. The lowest BCUT2D eigenvalue weighted by Gasteiger charge is -2.37. The molecule has 0 saturated heterocycles. The summed E-state index contributed by atoms with van der Waals surface area (Å²) < 4.78 is 6.97. The van der Waals surface area contributed by atoms with Gasteiger partial charge in [0.05, 0.1) is 17.6 Å². The number of fused-ring (bicyclic) bond motifs is 1. The van der Waals surface area contributed by atoms with Crippen LogP contribution in [0, 0.1) is 10.1 Å². The molecule has 0 spiro atoms. The van der Waals surface area contributed by atoms with E-state index in [-0.39, 0.29) is 36.4 Å². The molecule has 1 unspecified atom stereocenters. The number of nitrogens with zero attached hydrogens (tertiary/aromatic N) is 3. The maximum absolute atomic E-state index is 12.9. The number of ether oxygens (including phenoxy) is 1. The molecule has 1 aliphatic heterocycles. The van der Waals surface area contributed by atoms with E-state index in [1.807, 2.05) is 18.3 Å². The number of hydrogen-bond donors (Lipinski definition) is 1. The number of non-ortho nitro benzene ring substituents is 1. The number of hydrogen-bond acceptors (Lipinski definition) is 5. The fraction of sp³-hybridized carbons (Fsp3) is 0.400. The zero-order valence-corrected chi connectivity index (χ0v) is 16.2. The lowest BCUT2D eigenvalue weighted by molar-refractivity contribution is -0.384. The van der Waals surface area contributed by atoms with Gasteiger partial charge in [-0.15, -0.1) is 0 Å². The van der Waals surface area contributed by atoms with Crippen molar-refractivity contribution in [3.05, 3.63) is 64.0 Å². The van der Waals surface area contributed by atoms with Crippen molar-refractivity contribution in [2.24, 2.45) is 0 Å². The molecule has 1 aromatic heterocycles. The minimum Gasteiger partial charge on any atom is -0.383 e. The third kappa shape index (κ3) is 4.80. The Kier molecular flexibility index (Phi) is 6.61. The number of amides is 2. The van der Waals surface area contributed by atoms with Gasteiger partial charge in [0.25, 0.3) is 5.69 Å². The smallest absolute Gasteiger partial charge is 0.269 e. The van der Waals surface area contributed by atoms with Crippen molar-refractivity contribution in [2.45, 2.75) is 25.4 Å². The first-order valence-corrected chi connectivity index (χ1v) is 9.45. The van der Waals surface area contributed by atoms with E-state index in [4.69, 9.17) is 4.74 Å². The predicted octanol–water partition coefficient (Wildman–Crippen LogP) is 1.87. The molecule has 1 aromatic carbocycles. The number of nitro groups is 1. The number of aromatic nitrogens is 1. The van der Waals surface area contributed by atoms with Gasteiger partial charge in [-0.3, -0.25) is 19.7 Å². The summed E-state index contributed by atoms with van der Waals surface area (Å²) in [6.45, 7) is 2.00. The Labute approximate surface area is 168 Å². The molecular formula is C20H24N4O5. The average molecular weight is 400 g/mol. The lowest BCUT2D eigenvalue weighted by atomic mass is 9.99. The number of carbonyl (C=O) groups is 2. The first kappa shape index (κ1) is 20.5. The molecule has 0 aliphatic carbocycles. The van der Waals surface area contributed by atoms with Crippen molar-refractivity contribution in [3.63, 3.8) is 0 Å². The van der Waals surface area contributed by atoms with Crippen LogP contribution in [0.3, 0.4) is 0 Å². The summed E-state index contributed by atoms with van der Waals surface area (Å²) >= 11 is 0. The van der Waals surface area contributed by atoms with Crippen LogP contribution in [-0.2, 0) is 20.9 Å². The highest BCUT2D eigenvalue weighted by atomic mass is 16.6. The van der Waals surface area contributed by atoms with Gasteiger partial charge in [-0.25, -0.2) is 0 Å². The van der Waals surface area contributed by atoms with Gasteiger partial charge in [-0.05, 0) is 29.8 Å². The van der Waals surface area contributed by atoms with Crippen LogP contribution >= 0.6 is 0 Å². The van der Waals surface area contributed by atoms with Crippen LogP contribution in [0.4, 0.5) is 5.69 Å². The van der Waals surface area contributed by atoms with E-state index < -0.39 is 4.92 Å². The molecule has 29 heavy (non-hydrogen) atoms. The van der Waals surface area contributed by atoms with Crippen LogP contribution in [0.1, 0.15) is 30.1 Å². The SMILES string of the molecule is COCCNC(=O)CCC(=O)N1CCn2cccc2C1c1ccc([N+](=O)[O-])cc1. The Bertz CT molecular complexity index is 877. The first-order chi connectivity index (χ1) is 14.0. The van der Waals surface area contributed by atoms with Crippen molar-refractivity contribution in [1.29, 1.82) is 0 Å². The van der Waals surface area contributed by atoms with Crippen molar-refractivity contribution < 1.29 is 19.2 Å². The quantitative estimate of drug-likeness (QED) is 0.414. The number of rotatable bonds is 8. The molecule has 0 saturated carbocycles. The van der Waals surface area contributed by atoms with Gasteiger partial charge in [0.2, 0.25) is 11.8 Å². The molecule has 2 heterocycles. The Balaban J connectivity index is 1.75. The molecule has 1 atom stereocenters. The third-order valence-electron chi connectivity index (χ3n) is 4.97. The van der Waals surface area contributed by atoms with E-state index in [1.165, 1.54) is 12.1 Å². The Morgan fingerprint density at radius 3 is 2.66 bits per heavy atom. The largest absolute Gasteiger partial charge is 0.383 e. The van der Waals surface area contributed by atoms with Gasteiger partial charge in [-0.2, -0.15) is 0 Å². The van der Waals surface area contributed by atoms with Crippen molar-refractivity contribution >= 4 is 17.5 Å². The molecule has 2 amide bonds. The molecule has 154 valence electrons. The predicted molar refractivity (Wildman–Crippen MR) is 105 cm³/mol. The summed E-state index contributed by atoms with van der Waals surface area (Å²) in [5, 5.41) is 13.7. The van der Waals surface area contributed by atoms with E-state index in [9.17, 15) is 19.7 Å². The average Bonchev–Trinajstić information content (AvgIpc) is 3.20. The number of methoxy groups -OCH3 is 1. The normalized spacial score (nSPS) is 15.6. The van der Waals surface area contributed by atoms with Gasteiger partial charge < -0.3 is 19.5 Å². The minimum absolute atomic E-state index is 0.00514. The lowest BCUT2D eigenvalue weighted by Crippen LogP contribution is -2.42. The molecule has 0 bridgehead atoms. The molecule has 1 aliphatic rings. The fourth-order valence-electron chi connectivity index (χ4n) is 3.53. The van der Waals surface area contributed by atoms with E-state index in [1.54, 1.807) is 24.1 Å². The van der Waals surface area contributed by atoms with E-state index in [0.29, 0.717) is 26.2 Å². The molecular weight excluding hydrogens is 376 g/mol. The summed E-state index contributed by atoms with van der Waals surface area (Å²) in [5.74, 6) is -0.314. The number of benzene rings is 1. The van der Waals surface area contributed by atoms with E-state index in [2.05, 4.69) is 9.88 Å². The number of nitro benzene ring substituents is 1. The van der Waals surface area contributed by atoms with Gasteiger partial charge in [0.1, 0.15) is 0 Å². The van der Waals surface area contributed by atoms with Crippen molar-refractivity contribution in [3.8, 4) is 0 Å². The van der Waals surface area contributed by atoms with Gasteiger partial charge in [0.15, 0.2) is 0 Å². The van der Waals surface area contributed by atoms with E-state index >= 15 is 0 Å². The number of carbonyl (C=O) groups excluding carboxylic acids is 2. The highest BCUT2D eigenvalue weighted by Gasteiger charge is 2.32. The summed E-state index contributed by atoms with van der Waals surface area (Å²) in [6, 6.07) is 9.79. The highest BCUT2D eigenvalue weighted by Crippen LogP contribution is 2.33. The molecule has 0 fully saturated rings. The maximum Gasteiger partial charge on any atom is 0.269 e. The second-order valence-corrected chi connectivity index (χ2v) is 6.81. The molecule has 0 radical (unpaired) electrons. The molecule has 9 nitrogen and oxygen atoms in total.